The number of benzene rings is 2. The minimum absolute atomic E-state index is 0.0920. The lowest BCUT2D eigenvalue weighted by Gasteiger charge is -2.11. The summed E-state index contributed by atoms with van der Waals surface area (Å²) in [4.78, 5) is 1.06. The van der Waals surface area contributed by atoms with Gasteiger partial charge in [-0.3, -0.25) is 0 Å². The van der Waals surface area contributed by atoms with Gasteiger partial charge < -0.3 is 5.11 Å². The predicted molar refractivity (Wildman–Crippen MR) is 86.0 cm³/mol. The van der Waals surface area contributed by atoms with Gasteiger partial charge in [-0.15, -0.1) is 11.8 Å². The second kappa shape index (κ2) is 7.46. The number of aliphatic hydroxyl groups excluding tert-OH is 1. The summed E-state index contributed by atoms with van der Waals surface area (Å²) < 4.78 is 14.7. The first-order valence-corrected chi connectivity index (χ1v) is 8.21. The van der Waals surface area contributed by atoms with Crippen molar-refractivity contribution in [2.75, 3.05) is 5.75 Å². The van der Waals surface area contributed by atoms with E-state index in [1.54, 1.807) is 12.1 Å². The van der Waals surface area contributed by atoms with Crippen LogP contribution in [-0.2, 0) is 6.42 Å². The molecule has 0 aliphatic heterocycles. The van der Waals surface area contributed by atoms with Crippen LogP contribution in [0, 0.1) is 5.82 Å². The van der Waals surface area contributed by atoms with Crippen LogP contribution in [0.15, 0.2) is 51.8 Å². The standard InChI is InChI=1S/C15H13BrClFOS/c16-11-4-2-5-13(8-11)20-9-12(19)7-10-3-1-6-14(17)15(10)18/h1-6,8,12,19H,7,9H2. The van der Waals surface area contributed by atoms with Crippen LogP contribution in [0.4, 0.5) is 4.39 Å². The summed E-state index contributed by atoms with van der Waals surface area (Å²) in [5.41, 5.74) is 0.444. The Labute approximate surface area is 135 Å². The molecule has 2 aromatic rings. The molecule has 0 aliphatic rings. The highest BCUT2D eigenvalue weighted by atomic mass is 79.9. The molecular formula is C15H13BrClFOS. The molecule has 0 aliphatic carbocycles. The van der Waals surface area contributed by atoms with Crippen molar-refractivity contribution in [3.8, 4) is 0 Å². The highest BCUT2D eigenvalue weighted by molar-refractivity contribution is 9.10. The van der Waals surface area contributed by atoms with Crippen molar-refractivity contribution in [3.63, 3.8) is 0 Å². The van der Waals surface area contributed by atoms with Crippen LogP contribution >= 0.6 is 39.3 Å². The number of hydrogen-bond donors (Lipinski definition) is 1. The van der Waals surface area contributed by atoms with E-state index >= 15 is 0 Å². The summed E-state index contributed by atoms with van der Waals surface area (Å²) in [6.07, 6.45) is -0.361. The van der Waals surface area contributed by atoms with Gasteiger partial charge in [-0.25, -0.2) is 4.39 Å². The summed E-state index contributed by atoms with van der Waals surface area (Å²) in [6, 6.07) is 12.7. The number of thioether (sulfide) groups is 1. The number of aliphatic hydroxyl groups is 1. The van der Waals surface area contributed by atoms with Gasteiger partial charge >= 0.3 is 0 Å². The number of hydrogen-bond acceptors (Lipinski definition) is 2. The highest BCUT2D eigenvalue weighted by Gasteiger charge is 2.12. The summed E-state index contributed by atoms with van der Waals surface area (Å²) in [7, 11) is 0. The first kappa shape index (κ1) is 15.8. The van der Waals surface area contributed by atoms with Gasteiger partial charge in [-0.1, -0.05) is 45.7 Å². The molecule has 2 rings (SSSR count). The van der Waals surface area contributed by atoms with Crippen molar-refractivity contribution >= 4 is 39.3 Å². The molecule has 0 radical (unpaired) electrons. The van der Waals surface area contributed by atoms with Gasteiger partial charge in [0.1, 0.15) is 5.82 Å². The quantitative estimate of drug-likeness (QED) is 0.747. The Kier molecular flexibility index (Phi) is 5.90. The summed E-state index contributed by atoms with van der Waals surface area (Å²) in [5, 5.41) is 10.1. The minimum Gasteiger partial charge on any atom is -0.392 e. The Morgan fingerprint density at radius 3 is 2.75 bits per heavy atom. The van der Waals surface area contributed by atoms with Crippen molar-refractivity contribution in [3.05, 3.63) is 63.3 Å². The van der Waals surface area contributed by atoms with Gasteiger partial charge in [-0.2, -0.15) is 0 Å². The Hall–Kier alpha value is -0.550. The predicted octanol–water partition coefficient (Wildman–Crippen LogP) is 4.94. The molecule has 20 heavy (non-hydrogen) atoms. The van der Waals surface area contributed by atoms with Crippen molar-refractivity contribution < 1.29 is 9.50 Å². The lowest BCUT2D eigenvalue weighted by atomic mass is 10.1. The van der Waals surface area contributed by atoms with Gasteiger partial charge in [0.05, 0.1) is 11.1 Å². The number of halogens is 3. The zero-order valence-corrected chi connectivity index (χ0v) is 13.7. The van der Waals surface area contributed by atoms with Gasteiger partial charge in [0, 0.05) is 21.5 Å². The van der Waals surface area contributed by atoms with Crippen LogP contribution in [0.25, 0.3) is 0 Å². The largest absolute Gasteiger partial charge is 0.392 e. The average Bonchev–Trinajstić information content (AvgIpc) is 2.42. The Bertz CT molecular complexity index is 594. The zero-order valence-electron chi connectivity index (χ0n) is 10.5. The third kappa shape index (κ3) is 4.48. The maximum absolute atomic E-state index is 13.7. The molecule has 0 aromatic heterocycles. The molecule has 0 bridgehead atoms. The van der Waals surface area contributed by atoms with Crippen molar-refractivity contribution in [2.45, 2.75) is 17.4 Å². The third-order valence-corrected chi connectivity index (χ3v) is 4.65. The molecule has 0 fully saturated rings. The lowest BCUT2D eigenvalue weighted by Crippen LogP contribution is -2.14. The molecule has 1 atom stereocenters. The fraction of sp³-hybridized carbons (Fsp3) is 0.200. The topological polar surface area (TPSA) is 20.2 Å². The second-order valence-corrected chi connectivity index (χ2v) is 6.76. The fourth-order valence-electron chi connectivity index (χ4n) is 1.77. The molecule has 1 unspecified atom stereocenters. The van der Waals surface area contributed by atoms with E-state index < -0.39 is 11.9 Å². The molecule has 5 heteroatoms. The molecule has 0 saturated heterocycles. The van der Waals surface area contributed by atoms with E-state index in [1.165, 1.54) is 17.8 Å². The Morgan fingerprint density at radius 1 is 1.25 bits per heavy atom. The van der Waals surface area contributed by atoms with E-state index in [1.807, 2.05) is 24.3 Å². The Morgan fingerprint density at radius 2 is 2.00 bits per heavy atom. The van der Waals surface area contributed by atoms with Crippen LogP contribution < -0.4 is 0 Å². The smallest absolute Gasteiger partial charge is 0.145 e. The Balaban J connectivity index is 1.92. The summed E-state index contributed by atoms with van der Waals surface area (Å²) in [5.74, 6) is 0.0586. The minimum atomic E-state index is -0.619. The van der Waals surface area contributed by atoms with Gasteiger partial charge in [0.15, 0.2) is 0 Å². The molecular weight excluding hydrogens is 363 g/mol. The molecule has 2 aromatic carbocycles. The van der Waals surface area contributed by atoms with E-state index in [4.69, 9.17) is 11.6 Å². The van der Waals surface area contributed by atoms with Crippen LogP contribution in [0.3, 0.4) is 0 Å². The van der Waals surface area contributed by atoms with Crippen LogP contribution in [0.1, 0.15) is 5.56 Å². The normalized spacial score (nSPS) is 12.4. The lowest BCUT2D eigenvalue weighted by molar-refractivity contribution is 0.199. The van der Waals surface area contributed by atoms with Crippen LogP contribution in [-0.4, -0.2) is 17.0 Å². The monoisotopic (exact) mass is 374 g/mol. The van der Waals surface area contributed by atoms with Crippen molar-refractivity contribution in [1.29, 1.82) is 0 Å². The van der Waals surface area contributed by atoms with E-state index in [9.17, 15) is 9.50 Å². The second-order valence-electron chi connectivity index (χ2n) is 4.34. The van der Waals surface area contributed by atoms with E-state index in [2.05, 4.69) is 15.9 Å². The zero-order chi connectivity index (χ0) is 14.5. The maximum atomic E-state index is 13.7. The molecule has 1 N–H and O–H groups in total. The van der Waals surface area contributed by atoms with Crippen LogP contribution in [0.2, 0.25) is 5.02 Å². The van der Waals surface area contributed by atoms with E-state index in [0.717, 1.165) is 9.37 Å². The average molecular weight is 376 g/mol. The van der Waals surface area contributed by atoms with Gasteiger partial charge in [0.2, 0.25) is 0 Å². The van der Waals surface area contributed by atoms with E-state index in [0.29, 0.717) is 11.3 Å². The maximum Gasteiger partial charge on any atom is 0.145 e. The molecule has 1 nitrogen and oxygen atoms in total. The van der Waals surface area contributed by atoms with Crippen molar-refractivity contribution in [2.24, 2.45) is 0 Å². The first-order valence-electron chi connectivity index (χ1n) is 6.05. The third-order valence-electron chi connectivity index (χ3n) is 2.73. The molecule has 0 saturated carbocycles. The van der Waals surface area contributed by atoms with Crippen LogP contribution in [0.5, 0.6) is 0 Å². The molecule has 0 heterocycles. The SMILES string of the molecule is OC(CSc1cccc(Br)c1)Cc1cccc(Cl)c1F. The van der Waals surface area contributed by atoms with Crippen molar-refractivity contribution in [1.82, 2.24) is 0 Å². The summed E-state index contributed by atoms with van der Waals surface area (Å²) >= 11 is 10.7. The highest BCUT2D eigenvalue weighted by Crippen LogP contribution is 2.24. The first-order chi connectivity index (χ1) is 9.56. The van der Waals surface area contributed by atoms with Gasteiger partial charge in [0.25, 0.3) is 0 Å². The van der Waals surface area contributed by atoms with Gasteiger partial charge in [-0.05, 0) is 29.8 Å². The molecule has 106 valence electrons. The summed E-state index contributed by atoms with van der Waals surface area (Å²) in [6.45, 7) is 0. The molecule has 0 spiro atoms. The number of rotatable bonds is 5. The van der Waals surface area contributed by atoms with E-state index in [-0.39, 0.29) is 11.4 Å². The fourth-order valence-corrected chi connectivity index (χ4v) is 3.40. The molecule has 0 amide bonds.